The molecule has 2 N–H and O–H groups in total. The standard InChI is InChI=1S/C15H19NO4S/c1-3-19-13-5-9-4-8(2)20-12(9)6-10(13)14-16-11(7-21-14)15(17)18/h5-6,8,11,14,16H,3-4,7H2,1-2H3,(H,17,18). The summed E-state index contributed by atoms with van der Waals surface area (Å²) < 4.78 is 11.6. The summed E-state index contributed by atoms with van der Waals surface area (Å²) in [7, 11) is 0. The van der Waals surface area contributed by atoms with Crippen molar-refractivity contribution in [3.63, 3.8) is 0 Å². The second kappa shape index (κ2) is 5.77. The first-order valence-corrected chi connectivity index (χ1v) is 8.20. The van der Waals surface area contributed by atoms with Crippen molar-refractivity contribution in [2.24, 2.45) is 0 Å². The van der Waals surface area contributed by atoms with Crippen LogP contribution in [0.5, 0.6) is 11.5 Å². The first-order valence-electron chi connectivity index (χ1n) is 7.15. The lowest BCUT2D eigenvalue weighted by molar-refractivity contribution is -0.138. The Bertz CT molecular complexity index is 563. The zero-order valence-electron chi connectivity index (χ0n) is 12.1. The van der Waals surface area contributed by atoms with E-state index in [1.54, 1.807) is 11.8 Å². The van der Waals surface area contributed by atoms with Crippen LogP contribution in [0.15, 0.2) is 12.1 Å². The number of thioether (sulfide) groups is 1. The Labute approximate surface area is 128 Å². The summed E-state index contributed by atoms with van der Waals surface area (Å²) >= 11 is 1.59. The molecule has 1 saturated heterocycles. The minimum Gasteiger partial charge on any atom is -0.493 e. The van der Waals surface area contributed by atoms with Gasteiger partial charge in [-0.2, -0.15) is 0 Å². The molecule has 0 spiro atoms. The molecule has 21 heavy (non-hydrogen) atoms. The van der Waals surface area contributed by atoms with Crippen LogP contribution in [0.2, 0.25) is 0 Å². The Kier molecular flexibility index (Phi) is 3.99. The van der Waals surface area contributed by atoms with Crippen LogP contribution in [0.3, 0.4) is 0 Å². The molecule has 3 rings (SSSR count). The van der Waals surface area contributed by atoms with E-state index in [-0.39, 0.29) is 11.5 Å². The molecule has 2 aliphatic rings. The van der Waals surface area contributed by atoms with Gasteiger partial charge in [0.05, 0.1) is 12.0 Å². The molecule has 5 nitrogen and oxygen atoms in total. The minimum absolute atomic E-state index is 0.0718. The van der Waals surface area contributed by atoms with Gasteiger partial charge in [0.15, 0.2) is 0 Å². The number of hydrogen-bond acceptors (Lipinski definition) is 5. The van der Waals surface area contributed by atoms with Crippen molar-refractivity contribution in [3.05, 3.63) is 23.3 Å². The molecule has 1 aromatic carbocycles. The number of carbonyl (C=O) groups is 1. The van der Waals surface area contributed by atoms with E-state index >= 15 is 0 Å². The van der Waals surface area contributed by atoms with Crippen LogP contribution in [-0.4, -0.2) is 35.6 Å². The number of fused-ring (bicyclic) bond motifs is 1. The summed E-state index contributed by atoms with van der Waals surface area (Å²) in [4.78, 5) is 11.1. The van der Waals surface area contributed by atoms with Crippen molar-refractivity contribution < 1.29 is 19.4 Å². The van der Waals surface area contributed by atoms with Crippen molar-refractivity contribution in [1.29, 1.82) is 0 Å². The van der Waals surface area contributed by atoms with Crippen LogP contribution >= 0.6 is 11.8 Å². The smallest absolute Gasteiger partial charge is 0.321 e. The van der Waals surface area contributed by atoms with Gasteiger partial charge in [0.1, 0.15) is 23.6 Å². The van der Waals surface area contributed by atoms with Crippen LogP contribution in [0.4, 0.5) is 0 Å². The summed E-state index contributed by atoms with van der Waals surface area (Å²) in [5, 5.41) is 12.2. The number of rotatable bonds is 4. The zero-order valence-corrected chi connectivity index (χ0v) is 12.9. The fourth-order valence-electron chi connectivity index (χ4n) is 2.73. The number of hydrogen-bond donors (Lipinski definition) is 2. The Balaban J connectivity index is 1.90. The summed E-state index contributed by atoms with van der Waals surface area (Å²) in [6.07, 6.45) is 1.07. The number of benzene rings is 1. The quantitative estimate of drug-likeness (QED) is 0.889. The first kappa shape index (κ1) is 14.5. The third-order valence-corrected chi connectivity index (χ3v) is 4.94. The van der Waals surface area contributed by atoms with Crippen molar-refractivity contribution in [1.82, 2.24) is 5.32 Å². The highest BCUT2D eigenvalue weighted by Crippen LogP contribution is 2.43. The third-order valence-electron chi connectivity index (χ3n) is 3.69. The fourth-order valence-corrected chi connectivity index (χ4v) is 3.98. The minimum atomic E-state index is -0.811. The molecule has 1 fully saturated rings. The number of nitrogens with one attached hydrogen (secondary N) is 1. The summed E-state index contributed by atoms with van der Waals surface area (Å²) in [6, 6.07) is 3.52. The first-order chi connectivity index (χ1) is 10.1. The summed E-state index contributed by atoms with van der Waals surface area (Å²) in [5.41, 5.74) is 2.13. The van der Waals surface area contributed by atoms with Crippen LogP contribution < -0.4 is 14.8 Å². The molecule has 6 heteroatoms. The van der Waals surface area contributed by atoms with Crippen molar-refractivity contribution in [3.8, 4) is 11.5 Å². The van der Waals surface area contributed by atoms with Gasteiger partial charge in [-0.15, -0.1) is 11.8 Å². The Morgan fingerprint density at radius 1 is 1.57 bits per heavy atom. The second-order valence-corrected chi connectivity index (χ2v) is 6.47. The van der Waals surface area contributed by atoms with Gasteiger partial charge in [0, 0.05) is 23.3 Å². The van der Waals surface area contributed by atoms with E-state index in [1.807, 2.05) is 26.0 Å². The zero-order chi connectivity index (χ0) is 15.0. The largest absolute Gasteiger partial charge is 0.493 e. The summed E-state index contributed by atoms with van der Waals surface area (Å²) in [6.45, 7) is 4.58. The van der Waals surface area contributed by atoms with Gasteiger partial charge in [0.2, 0.25) is 0 Å². The van der Waals surface area contributed by atoms with Gasteiger partial charge in [0.25, 0.3) is 0 Å². The van der Waals surface area contributed by atoms with Gasteiger partial charge < -0.3 is 14.6 Å². The highest BCUT2D eigenvalue weighted by Gasteiger charge is 2.33. The lowest BCUT2D eigenvalue weighted by Gasteiger charge is -2.17. The molecule has 3 unspecified atom stereocenters. The van der Waals surface area contributed by atoms with Crippen molar-refractivity contribution in [2.45, 2.75) is 37.8 Å². The Morgan fingerprint density at radius 2 is 2.38 bits per heavy atom. The molecule has 0 aromatic heterocycles. The third kappa shape index (κ3) is 2.82. The van der Waals surface area contributed by atoms with Gasteiger partial charge in [-0.3, -0.25) is 10.1 Å². The Hall–Kier alpha value is -1.40. The molecule has 0 amide bonds. The van der Waals surface area contributed by atoms with Crippen molar-refractivity contribution in [2.75, 3.05) is 12.4 Å². The average molecular weight is 309 g/mol. The van der Waals surface area contributed by atoms with E-state index in [9.17, 15) is 4.79 Å². The van der Waals surface area contributed by atoms with E-state index in [0.29, 0.717) is 12.4 Å². The number of carboxylic acid groups (broad SMARTS) is 1. The SMILES string of the molecule is CCOc1cc2c(cc1C1NC(C(=O)O)CS1)OC(C)C2. The molecular formula is C15H19NO4S. The van der Waals surface area contributed by atoms with Gasteiger partial charge >= 0.3 is 5.97 Å². The number of ether oxygens (including phenoxy) is 2. The van der Waals surface area contributed by atoms with Gasteiger partial charge in [-0.05, 0) is 26.0 Å². The highest BCUT2D eigenvalue weighted by atomic mass is 32.2. The van der Waals surface area contributed by atoms with E-state index in [1.165, 1.54) is 0 Å². The lowest BCUT2D eigenvalue weighted by atomic mass is 10.1. The van der Waals surface area contributed by atoms with E-state index in [0.717, 1.165) is 29.0 Å². The molecule has 3 atom stereocenters. The molecule has 0 bridgehead atoms. The number of carboxylic acids is 1. The van der Waals surface area contributed by atoms with Crippen molar-refractivity contribution >= 4 is 17.7 Å². The number of aliphatic carboxylic acids is 1. The molecule has 2 heterocycles. The van der Waals surface area contributed by atoms with Crippen LogP contribution in [0.1, 0.15) is 30.3 Å². The monoisotopic (exact) mass is 309 g/mol. The molecular weight excluding hydrogens is 290 g/mol. The predicted octanol–water partition coefficient (Wildman–Crippen LogP) is 2.20. The maximum absolute atomic E-state index is 11.1. The molecule has 2 aliphatic heterocycles. The van der Waals surface area contributed by atoms with Crippen LogP contribution in [0, 0.1) is 0 Å². The maximum atomic E-state index is 11.1. The van der Waals surface area contributed by atoms with E-state index in [2.05, 4.69) is 5.32 Å². The van der Waals surface area contributed by atoms with Crippen LogP contribution in [0.25, 0.3) is 0 Å². The second-order valence-electron chi connectivity index (χ2n) is 5.33. The molecule has 0 saturated carbocycles. The fraction of sp³-hybridized carbons (Fsp3) is 0.533. The molecule has 0 radical (unpaired) electrons. The highest BCUT2D eigenvalue weighted by molar-refractivity contribution is 7.99. The van der Waals surface area contributed by atoms with Gasteiger partial charge in [-0.1, -0.05) is 0 Å². The lowest BCUT2D eigenvalue weighted by Crippen LogP contribution is -2.33. The predicted molar refractivity (Wildman–Crippen MR) is 81.2 cm³/mol. The molecule has 0 aliphatic carbocycles. The van der Waals surface area contributed by atoms with E-state index in [4.69, 9.17) is 14.6 Å². The Morgan fingerprint density at radius 3 is 3.05 bits per heavy atom. The van der Waals surface area contributed by atoms with Crippen LogP contribution in [-0.2, 0) is 11.2 Å². The van der Waals surface area contributed by atoms with E-state index < -0.39 is 12.0 Å². The summed E-state index contributed by atoms with van der Waals surface area (Å²) in [5.74, 6) is 1.46. The molecule has 114 valence electrons. The topological polar surface area (TPSA) is 67.8 Å². The average Bonchev–Trinajstić information content (AvgIpc) is 3.03. The molecule has 1 aromatic rings. The normalized spacial score (nSPS) is 27.2. The maximum Gasteiger partial charge on any atom is 0.321 e. The van der Waals surface area contributed by atoms with Gasteiger partial charge in [-0.25, -0.2) is 0 Å².